The number of aromatic nitrogens is 2. The Kier molecular flexibility index (Phi) is 8.13. The second-order valence-corrected chi connectivity index (χ2v) is 8.97. The Morgan fingerprint density at radius 3 is 2.66 bits per heavy atom. The van der Waals surface area contributed by atoms with Gasteiger partial charge >= 0.3 is 5.97 Å². The summed E-state index contributed by atoms with van der Waals surface area (Å²) in [6.07, 6.45) is 2.35. The molecule has 4 heterocycles. The largest absolute Gasteiger partial charge is 0.468 e. The van der Waals surface area contributed by atoms with Crippen LogP contribution in [0.3, 0.4) is 0 Å². The van der Waals surface area contributed by atoms with E-state index < -0.39 is 12.1 Å². The van der Waals surface area contributed by atoms with Gasteiger partial charge in [-0.25, -0.2) is 9.78 Å². The van der Waals surface area contributed by atoms with Crippen LogP contribution in [0.5, 0.6) is 0 Å². The van der Waals surface area contributed by atoms with Crippen LogP contribution >= 0.6 is 11.3 Å². The number of aliphatic hydroxyl groups excluding tert-OH is 1. The van der Waals surface area contributed by atoms with Gasteiger partial charge in [-0.15, -0.1) is 11.3 Å². The zero-order valence-corrected chi connectivity index (χ0v) is 20.3. The molecule has 0 saturated heterocycles. The minimum Gasteiger partial charge on any atom is -0.468 e. The highest BCUT2D eigenvalue weighted by Gasteiger charge is 2.21. The fourth-order valence-corrected chi connectivity index (χ4v) is 4.81. The van der Waals surface area contributed by atoms with Gasteiger partial charge < -0.3 is 28.4 Å². The van der Waals surface area contributed by atoms with E-state index in [1.807, 2.05) is 11.0 Å². The highest BCUT2D eigenvalue weighted by atomic mass is 32.1. The minimum absolute atomic E-state index is 0.103. The molecule has 0 aromatic carbocycles. The fourth-order valence-electron chi connectivity index (χ4n) is 3.72. The number of aromatic amines is 1. The monoisotopic (exact) mass is 501 g/mol. The molecule has 186 valence electrons. The molecule has 0 saturated carbocycles. The van der Waals surface area contributed by atoms with Crippen molar-refractivity contribution in [1.29, 1.82) is 0 Å². The lowest BCUT2D eigenvalue weighted by molar-refractivity contribution is 0.00125. The van der Waals surface area contributed by atoms with Gasteiger partial charge in [-0.05, 0) is 43.7 Å². The Balaban J connectivity index is 1.49. The molecule has 10 nitrogen and oxygen atoms in total. The maximum absolute atomic E-state index is 12.8. The number of carbonyl (C=O) groups excluding carboxylic acids is 1. The molecule has 35 heavy (non-hydrogen) atoms. The van der Waals surface area contributed by atoms with Crippen molar-refractivity contribution in [2.75, 3.05) is 19.8 Å². The number of fused-ring (bicyclic) bond motifs is 1. The minimum atomic E-state index is -0.797. The Morgan fingerprint density at radius 2 is 1.97 bits per heavy atom. The molecular formula is C24H27N3O7S. The Bertz CT molecular complexity index is 1290. The first-order valence-electron chi connectivity index (χ1n) is 11.2. The molecule has 0 fully saturated rings. The lowest BCUT2D eigenvalue weighted by Gasteiger charge is -2.23. The molecule has 4 rings (SSSR count). The van der Waals surface area contributed by atoms with Crippen LogP contribution in [0.1, 0.15) is 39.5 Å². The van der Waals surface area contributed by atoms with Crippen molar-refractivity contribution < 1.29 is 28.2 Å². The van der Waals surface area contributed by atoms with Crippen molar-refractivity contribution >= 4 is 27.5 Å². The van der Waals surface area contributed by atoms with Crippen molar-refractivity contribution in [2.24, 2.45) is 0 Å². The third-order valence-electron chi connectivity index (χ3n) is 5.25. The Labute approximate surface area is 205 Å². The molecule has 4 aromatic heterocycles. The van der Waals surface area contributed by atoms with E-state index in [2.05, 4.69) is 9.97 Å². The highest BCUT2D eigenvalue weighted by molar-refractivity contribution is 7.20. The van der Waals surface area contributed by atoms with E-state index >= 15 is 0 Å². The van der Waals surface area contributed by atoms with Gasteiger partial charge in [-0.3, -0.25) is 9.69 Å². The summed E-state index contributed by atoms with van der Waals surface area (Å²) < 4.78 is 21.3. The topological polar surface area (TPSA) is 131 Å². The molecule has 0 bridgehead atoms. The second kappa shape index (κ2) is 11.5. The van der Waals surface area contributed by atoms with E-state index in [0.717, 1.165) is 11.3 Å². The number of furan rings is 2. The number of aryl methyl sites for hydroxylation is 1. The summed E-state index contributed by atoms with van der Waals surface area (Å²) in [5, 5.41) is 10.9. The number of ether oxygens (including phenoxy) is 2. The molecule has 0 amide bonds. The third-order valence-corrected chi connectivity index (χ3v) is 6.41. The van der Waals surface area contributed by atoms with Crippen molar-refractivity contribution in [1.82, 2.24) is 14.9 Å². The van der Waals surface area contributed by atoms with Gasteiger partial charge in [0, 0.05) is 6.54 Å². The van der Waals surface area contributed by atoms with Crippen molar-refractivity contribution in [3.8, 4) is 0 Å². The molecular weight excluding hydrogens is 474 g/mol. The molecule has 0 radical (unpaired) electrons. The smallest absolute Gasteiger partial charge is 0.348 e. The van der Waals surface area contributed by atoms with E-state index in [1.165, 1.54) is 0 Å². The first-order chi connectivity index (χ1) is 16.9. The molecule has 4 aromatic rings. The van der Waals surface area contributed by atoms with Crippen LogP contribution in [0.4, 0.5) is 0 Å². The van der Waals surface area contributed by atoms with E-state index in [9.17, 15) is 14.7 Å². The van der Waals surface area contributed by atoms with Gasteiger partial charge in [-0.2, -0.15) is 0 Å². The maximum atomic E-state index is 12.8. The summed E-state index contributed by atoms with van der Waals surface area (Å²) >= 11 is 1.14. The van der Waals surface area contributed by atoms with Crippen LogP contribution < -0.4 is 5.56 Å². The molecule has 0 aliphatic carbocycles. The Morgan fingerprint density at radius 1 is 1.23 bits per heavy atom. The average molecular weight is 502 g/mol. The second-order valence-electron chi connectivity index (χ2n) is 7.97. The summed E-state index contributed by atoms with van der Waals surface area (Å²) in [6.45, 7) is 4.93. The lowest BCUT2D eigenvalue weighted by atomic mass is 10.2. The zero-order chi connectivity index (χ0) is 24.8. The maximum Gasteiger partial charge on any atom is 0.348 e. The first kappa shape index (κ1) is 24.9. The predicted octanol–water partition coefficient (Wildman–Crippen LogP) is 3.24. The predicted molar refractivity (Wildman–Crippen MR) is 128 cm³/mol. The quantitative estimate of drug-likeness (QED) is 0.281. The first-order valence-corrected chi connectivity index (χ1v) is 12.0. The number of esters is 1. The SMILES string of the molecule is CCOC(=O)c1sc2nc(CN(Cc3ccco3)CC(O)COCc3ccco3)[nH]c(=O)c2c1C. The van der Waals surface area contributed by atoms with Gasteiger partial charge in [0.15, 0.2) is 0 Å². The van der Waals surface area contributed by atoms with Gasteiger partial charge in [0.25, 0.3) is 5.56 Å². The summed E-state index contributed by atoms with van der Waals surface area (Å²) in [5.41, 5.74) is 0.231. The number of hydrogen-bond acceptors (Lipinski definition) is 10. The fraction of sp³-hybridized carbons (Fsp3) is 0.375. The summed E-state index contributed by atoms with van der Waals surface area (Å²) in [6, 6.07) is 7.19. The molecule has 0 aliphatic rings. The van der Waals surface area contributed by atoms with Gasteiger partial charge in [0.1, 0.15) is 33.7 Å². The zero-order valence-electron chi connectivity index (χ0n) is 19.5. The van der Waals surface area contributed by atoms with Crippen LogP contribution in [0, 0.1) is 6.92 Å². The van der Waals surface area contributed by atoms with Gasteiger partial charge in [0.05, 0.1) is 50.3 Å². The average Bonchev–Trinajstić information content (AvgIpc) is 3.56. The third kappa shape index (κ3) is 6.25. The highest BCUT2D eigenvalue weighted by Crippen LogP contribution is 2.27. The van der Waals surface area contributed by atoms with Gasteiger partial charge in [0.2, 0.25) is 0 Å². The van der Waals surface area contributed by atoms with Gasteiger partial charge in [-0.1, -0.05) is 0 Å². The Hall–Kier alpha value is -3.25. The molecule has 11 heteroatoms. The molecule has 0 aliphatic heterocycles. The number of hydrogen-bond donors (Lipinski definition) is 2. The lowest BCUT2D eigenvalue weighted by Crippen LogP contribution is -2.35. The standard InChI is InChI=1S/C24H27N3O7S/c1-3-32-24(30)21-15(2)20-22(29)25-19(26-23(20)35-21)12-27(11-17-6-4-8-33-17)10-16(28)13-31-14-18-7-5-9-34-18/h4-9,16,28H,3,10-14H2,1-2H3,(H,25,26,29). The van der Waals surface area contributed by atoms with Crippen molar-refractivity contribution in [3.05, 3.63) is 74.9 Å². The number of rotatable bonds is 12. The van der Waals surface area contributed by atoms with E-state index in [0.29, 0.717) is 44.5 Å². The number of nitrogens with one attached hydrogen (secondary N) is 1. The van der Waals surface area contributed by atoms with Crippen LogP contribution in [0.25, 0.3) is 10.2 Å². The van der Waals surface area contributed by atoms with E-state index in [-0.39, 0.29) is 38.5 Å². The van der Waals surface area contributed by atoms with Crippen molar-refractivity contribution in [2.45, 2.75) is 39.6 Å². The number of thiophene rings is 1. The van der Waals surface area contributed by atoms with Crippen LogP contribution in [-0.4, -0.2) is 51.8 Å². The van der Waals surface area contributed by atoms with E-state index in [1.54, 1.807) is 44.6 Å². The summed E-state index contributed by atoms with van der Waals surface area (Å²) in [4.78, 5) is 35.2. The molecule has 2 N–H and O–H groups in total. The number of carbonyl (C=O) groups is 1. The number of aliphatic hydroxyl groups is 1. The summed E-state index contributed by atoms with van der Waals surface area (Å²) in [7, 11) is 0. The number of H-pyrrole nitrogens is 1. The van der Waals surface area contributed by atoms with Crippen molar-refractivity contribution in [3.63, 3.8) is 0 Å². The number of nitrogens with zero attached hydrogens (tertiary/aromatic N) is 2. The summed E-state index contributed by atoms with van der Waals surface area (Å²) in [5.74, 6) is 1.32. The van der Waals surface area contributed by atoms with E-state index in [4.69, 9.17) is 18.3 Å². The van der Waals surface area contributed by atoms with Crippen LogP contribution in [-0.2, 0) is 29.2 Å². The molecule has 1 atom stereocenters. The normalized spacial score (nSPS) is 12.5. The van der Waals surface area contributed by atoms with Crippen LogP contribution in [0.2, 0.25) is 0 Å². The molecule has 1 unspecified atom stereocenters. The molecule has 0 spiro atoms. The van der Waals surface area contributed by atoms with Crippen LogP contribution in [0.15, 0.2) is 50.4 Å².